The lowest BCUT2D eigenvalue weighted by Crippen LogP contribution is -2.47. The summed E-state index contributed by atoms with van der Waals surface area (Å²) in [5.74, 6) is 0.531. The summed E-state index contributed by atoms with van der Waals surface area (Å²) in [6, 6.07) is 0. The van der Waals surface area contributed by atoms with Gasteiger partial charge in [-0.1, -0.05) is 62.5 Å². The molecule has 190 valence electrons. The molecule has 0 aliphatic rings. The highest BCUT2D eigenvalue weighted by Crippen LogP contribution is 2.34. The summed E-state index contributed by atoms with van der Waals surface area (Å²) >= 11 is 16.8. The molecule has 0 aromatic carbocycles. The summed E-state index contributed by atoms with van der Waals surface area (Å²) in [6.45, 7) is 11.4. The van der Waals surface area contributed by atoms with Crippen LogP contribution in [0.25, 0.3) is 0 Å². The molecule has 0 saturated heterocycles. The minimum atomic E-state index is -1.81. The van der Waals surface area contributed by atoms with Crippen molar-refractivity contribution in [2.75, 3.05) is 13.7 Å². The van der Waals surface area contributed by atoms with Crippen LogP contribution in [0.1, 0.15) is 61.3 Å². The third-order valence-electron chi connectivity index (χ3n) is 4.99. The third kappa shape index (κ3) is 11.7. The van der Waals surface area contributed by atoms with Crippen molar-refractivity contribution in [3.63, 3.8) is 0 Å². The van der Waals surface area contributed by atoms with Crippen LogP contribution in [0.5, 0.6) is 0 Å². The lowest BCUT2D eigenvalue weighted by atomic mass is 9.73. The molecule has 0 amide bonds. The summed E-state index contributed by atoms with van der Waals surface area (Å²) in [4.78, 5) is 38.0. The molecule has 0 spiro atoms. The van der Waals surface area contributed by atoms with Gasteiger partial charge in [-0.15, -0.1) is 12.3 Å². The van der Waals surface area contributed by atoms with Crippen molar-refractivity contribution >= 4 is 52.7 Å². The van der Waals surface area contributed by atoms with Crippen LogP contribution in [0, 0.1) is 29.6 Å². The smallest absolute Gasteiger partial charge is 0.460 e. The van der Waals surface area contributed by atoms with Crippen molar-refractivity contribution in [2.24, 2.45) is 17.3 Å². The van der Waals surface area contributed by atoms with E-state index in [1.54, 1.807) is 48.5 Å². The highest BCUT2D eigenvalue weighted by Gasteiger charge is 2.45. The van der Waals surface area contributed by atoms with Crippen LogP contribution < -0.4 is 0 Å². The molecule has 0 rings (SSSR count). The number of hydrogen-bond donors (Lipinski definition) is 0. The number of ether oxygens (including phenoxy) is 4. The van der Waals surface area contributed by atoms with Crippen molar-refractivity contribution in [3.05, 3.63) is 0 Å². The number of rotatable bonds is 11. The zero-order valence-corrected chi connectivity index (χ0v) is 22.8. The van der Waals surface area contributed by atoms with Crippen molar-refractivity contribution in [1.29, 1.82) is 0 Å². The molecule has 33 heavy (non-hydrogen) atoms. The lowest BCUT2D eigenvalue weighted by molar-refractivity contribution is -0.161. The number of terminal acetylenes is 1. The molecular formula is C23H35Cl3O7. The Morgan fingerprint density at radius 2 is 1.58 bits per heavy atom. The molecule has 0 aliphatic carbocycles. The van der Waals surface area contributed by atoms with E-state index in [9.17, 15) is 14.4 Å². The van der Waals surface area contributed by atoms with E-state index >= 15 is 0 Å². The van der Waals surface area contributed by atoms with Gasteiger partial charge in [0.15, 0.2) is 0 Å². The van der Waals surface area contributed by atoms with Gasteiger partial charge in [0.1, 0.15) is 24.1 Å². The third-order valence-corrected chi connectivity index (χ3v) is 5.32. The Labute approximate surface area is 212 Å². The summed E-state index contributed by atoms with van der Waals surface area (Å²) in [6.07, 6.45) is 2.74. The number of Topliss-reactive ketones (excluding diaryl/α,β-unsaturated/α-hetero) is 1. The van der Waals surface area contributed by atoms with Gasteiger partial charge in [0.05, 0.1) is 23.9 Å². The molecule has 0 aromatic heterocycles. The van der Waals surface area contributed by atoms with Crippen molar-refractivity contribution in [3.8, 4) is 12.3 Å². The topological polar surface area (TPSA) is 88.1 Å². The Kier molecular flexibility index (Phi) is 12.6. The van der Waals surface area contributed by atoms with Crippen LogP contribution in [0.15, 0.2) is 0 Å². The van der Waals surface area contributed by atoms with Gasteiger partial charge in [-0.3, -0.25) is 9.59 Å². The Hall–Kier alpha value is -1.20. The number of halogens is 3. The first-order chi connectivity index (χ1) is 14.9. The zero-order valence-electron chi connectivity index (χ0n) is 20.5. The van der Waals surface area contributed by atoms with Crippen molar-refractivity contribution in [1.82, 2.24) is 0 Å². The number of esters is 1. The molecule has 0 N–H and O–H groups in total. The highest BCUT2D eigenvalue weighted by molar-refractivity contribution is 6.67. The molecule has 0 saturated carbocycles. The first kappa shape index (κ1) is 31.8. The predicted octanol–water partition coefficient (Wildman–Crippen LogP) is 5.52. The summed E-state index contributed by atoms with van der Waals surface area (Å²) in [5.41, 5.74) is -1.79. The van der Waals surface area contributed by atoms with Gasteiger partial charge in [0.2, 0.25) is 3.79 Å². The average molecular weight is 530 g/mol. The maximum Gasteiger partial charge on any atom is 0.508 e. The molecule has 4 atom stereocenters. The van der Waals surface area contributed by atoms with Crippen LogP contribution in [0.4, 0.5) is 4.79 Å². The van der Waals surface area contributed by atoms with Gasteiger partial charge in [0, 0.05) is 19.4 Å². The summed E-state index contributed by atoms with van der Waals surface area (Å²) < 4.78 is 19.3. The normalized spacial score (nSPS) is 16.1. The molecule has 0 radical (unpaired) electrons. The van der Waals surface area contributed by atoms with Crippen molar-refractivity contribution < 1.29 is 33.3 Å². The van der Waals surface area contributed by atoms with E-state index in [2.05, 4.69) is 5.92 Å². The van der Waals surface area contributed by atoms with E-state index in [0.29, 0.717) is 0 Å². The standard InChI is InChI=1S/C23H35Cl3O7/c1-10-11-14(2)18(32-20(29)31-13-23(24,25)26)15(3)19(28)22(7,8)16(30-9)12-17(27)33-21(4,5)6/h1,14-16,18H,11-13H2,2-9H3/t14-,15+,16-,18-/m0/s1. The van der Waals surface area contributed by atoms with Crippen LogP contribution in [0.3, 0.4) is 0 Å². The molecule has 0 unspecified atom stereocenters. The van der Waals surface area contributed by atoms with E-state index in [1.165, 1.54) is 7.11 Å². The second-order valence-corrected chi connectivity index (χ2v) is 12.0. The average Bonchev–Trinajstić information content (AvgIpc) is 2.65. The van der Waals surface area contributed by atoms with Gasteiger partial charge in [-0.2, -0.15) is 0 Å². The highest BCUT2D eigenvalue weighted by atomic mass is 35.6. The number of carbonyl (C=O) groups is 3. The largest absolute Gasteiger partial charge is 0.508 e. The minimum Gasteiger partial charge on any atom is -0.460 e. The number of ketones is 1. The van der Waals surface area contributed by atoms with Gasteiger partial charge in [-0.05, 0) is 20.8 Å². The maximum absolute atomic E-state index is 13.5. The van der Waals surface area contributed by atoms with Gasteiger partial charge >= 0.3 is 12.1 Å². The van der Waals surface area contributed by atoms with E-state index in [-0.39, 0.29) is 24.5 Å². The van der Waals surface area contributed by atoms with Gasteiger partial charge in [0.25, 0.3) is 0 Å². The Morgan fingerprint density at radius 1 is 1.03 bits per heavy atom. The fourth-order valence-corrected chi connectivity index (χ4v) is 3.52. The molecule has 10 heteroatoms. The van der Waals surface area contributed by atoms with E-state index in [4.69, 9.17) is 60.2 Å². The fraction of sp³-hybridized carbons (Fsp3) is 0.783. The zero-order chi connectivity index (χ0) is 26.2. The summed E-state index contributed by atoms with van der Waals surface area (Å²) in [7, 11) is 1.41. The second-order valence-electron chi connectivity index (χ2n) is 9.51. The maximum atomic E-state index is 13.5. The number of alkyl halides is 3. The van der Waals surface area contributed by atoms with Crippen LogP contribution in [-0.2, 0) is 28.5 Å². The Morgan fingerprint density at radius 3 is 2.00 bits per heavy atom. The van der Waals surface area contributed by atoms with Crippen LogP contribution in [-0.4, -0.2) is 53.2 Å². The first-order valence-electron chi connectivity index (χ1n) is 10.5. The van der Waals surface area contributed by atoms with Crippen LogP contribution >= 0.6 is 34.8 Å². The van der Waals surface area contributed by atoms with Crippen LogP contribution in [0.2, 0.25) is 0 Å². The quantitative estimate of drug-likeness (QED) is 0.198. The number of hydrogen-bond acceptors (Lipinski definition) is 7. The molecule has 0 aromatic rings. The molecular weight excluding hydrogens is 495 g/mol. The molecule has 0 heterocycles. The molecule has 7 nitrogen and oxygen atoms in total. The van der Waals surface area contributed by atoms with E-state index < -0.39 is 51.7 Å². The predicted molar refractivity (Wildman–Crippen MR) is 128 cm³/mol. The number of carbonyl (C=O) groups excluding carboxylic acids is 3. The van der Waals surface area contributed by atoms with E-state index in [0.717, 1.165) is 0 Å². The monoisotopic (exact) mass is 528 g/mol. The Bertz CT molecular complexity index is 717. The number of methoxy groups -OCH3 is 1. The van der Waals surface area contributed by atoms with Gasteiger partial charge < -0.3 is 18.9 Å². The van der Waals surface area contributed by atoms with E-state index in [1.807, 2.05) is 0 Å². The molecule has 0 fully saturated rings. The lowest BCUT2D eigenvalue weighted by Gasteiger charge is -2.37. The van der Waals surface area contributed by atoms with Gasteiger partial charge in [-0.25, -0.2) is 4.79 Å². The summed E-state index contributed by atoms with van der Waals surface area (Å²) in [5, 5.41) is 0. The molecule has 0 bridgehead atoms. The molecule has 0 aliphatic heterocycles. The Balaban J connectivity index is 5.63. The first-order valence-corrected chi connectivity index (χ1v) is 11.6. The fourth-order valence-electron chi connectivity index (χ4n) is 3.36. The minimum absolute atomic E-state index is 0.129. The SMILES string of the molecule is C#CC[C@H](C)[C@H](OC(=O)OCC(Cl)(Cl)Cl)[C@@H](C)C(=O)C(C)(C)[C@H](CC(=O)OC(C)(C)C)OC. The van der Waals surface area contributed by atoms with Crippen molar-refractivity contribution in [2.45, 2.75) is 82.9 Å². The second kappa shape index (κ2) is 13.0.